The quantitative estimate of drug-likeness (QED) is 0.330. The van der Waals surface area contributed by atoms with E-state index < -0.39 is 0 Å². The summed E-state index contributed by atoms with van der Waals surface area (Å²) in [7, 11) is 1.79. The van der Waals surface area contributed by atoms with Crippen LogP contribution in [0.25, 0.3) is 0 Å². The topological polar surface area (TPSA) is 56.7 Å². The number of likely N-dealkylation sites (tertiary alicyclic amines) is 1. The zero-order valence-electron chi connectivity index (χ0n) is 18.2. The number of aliphatic imine (C=N–C) groups is 1. The Morgan fingerprint density at radius 1 is 1.07 bits per heavy atom. The molecule has 6 heteroatoms. The number of aryl methyl sites for hydroxylation is 2. The van der Waals surface area contributed by atoms with Crippen LogP contribution in [0.4, 0.5) is 0 Å². The molecule has 0 aromatic heterocycles. The fourth-order valence-electron chi connectivity index (χ4n) is 3.90. The van der Waals surface area contributed by atoms with Crippen molar-refractivity contribution in [1.29, 1.82) is 0 Å². The summed E-state index contributed by atoms with van der Waals surface area (Å²) in [5.74, 6) is 1.05. The zero-order chi connectivity index (χ0) is 20.6. The van der Waals surface area contributed by atoms with Gasteiger partial charge in [-0.2, -0.15) is 0 Å². The lowest BCUT2D eigenvalue weighted by atomic mass is 10.1. The summed E-state index contributed by atoms with van der Waals surface area (Å²) in [5.41, 5.74) is 6.34. The van der Waals surface area contributed by atoms with Crippen LogP contribution in [0.5, 0.6) is 0 Å². The largest absolute Gasteiger partial charge is 0.356 e. The van der Waals surface area contributed by atoms with E-state index in [0.717, 1.165) is 31.9 Å². The molecule has 30 heavy (non-hydrogen) atoms. The number of guanidine groups is 1. The molecule has 2 aromatic rings. The smallest absolute Gasteiger partial charge is 0.222 e. The van der Waals surface area contributed by atoms with Gasteiger partial charge in [0.15, 0.2) is 5.96 Å². The first-order valence-corrected chi connectivity index (χ1v) is 10.4. The van der Waals surface area contributed by atoms with E-state index in [0.29, 0.717) is 19.5 Å². The number of carbonyl (C=O) groups excluding carboxylic acids is 1. The van der Waals surface area contributed by atoms with E-state index in [1.807, 2.05) is 17.0 Å². The van der Waals surface area contributed by atoms with Crippen molar-refractivity contribution in [3.05, 3.63) is 70.3 Å². The molecule has 1 fully saturated rings. The number of nitrogens with one attached hydrogen (secondary N) is 2. The highest BCUT2D eigenvalue weighted by atomic mass is 127. The molecule has 0 radical (unpaired) electrons. The molecule has 1 aliphatic heterocycles. The number of benzene rings is 2. The molecule has 5 nitrogen and oxygen atoms in total. The Kier molecular flexibility index (Phi) is 9.62. The summed E-state index contributed by atoms with van der Waals surface area (Å²) >= 11 is 0. The van der Waals surface area contributed by atoms with E-state index in [-0.39, 0.29) is 29.9 Å². The minimum Gasteiger partial charge on any atom is -0.356 e. The van der Waals surface area contributed by atoms with Gasteiger partial charge in [-0.1, -0.05) is 53.6 Å². The van der Waals surface area contributed by atoms with E-state index in [1.165, 1.54) is 27.8 Å². The molecule has 1 amide bonds. The van der Waals surface area contributed by atoms with Crippen molar-refractivity contribution in [2.24, 2.45) is 4.99 Å². The van der Waals surface area contributed by atoms with Crippen LogP contribution in [0, 0.1) is 13.8 Å². The van der Waals surface area contributed by atoms with Gasteiger partial charge in [-0.15, -0.1) is 24.0 Å². The predicted octanol–water partition coefficient (Wildman–Crippen LogP) is 3.95. The lowest BCUT2D eigenvalue weighted by Crippen LogP contribution is -2.38. The first-order valence-electron chi connectivity index (χ1n) is 10.4. The van der Waals surface area contributed by atoms with E-state index in [4.69, 9.17) is 0 Å². The minimum absolute atomic E-state index is 0. The standard InChI is InChI=1S/C24H32N4O.HI/c1-18-13-19(2)15-20(14-18)10-11-26-24(25-3)27-16-21-7-4-5-8-22(21)17-28-12-6-9-23(28)29;/h4-5,7-8,13-15H,6,9-12,16-17H2,1-3H3,(H2,25,26,27);1H. The van der Waals surface area contributed by atoms with Crippen LogP contribution < -0.4 is 10.6 Å². The Labute approximate surface area is 197 Å². The third kappa shape index (κ3) is 7.00. The molecule has 0 atom stereocenters. The van der Waals surface area contributed by atoms with Crippen LogP contribution in [0.3, 0.4) is 0 Å². The highest BCUT2D eigenvalue weighted by molar-refractivity contribution is 14.0. The molecule has 0 saturated carbocycles. The fourth-order valence-corrected chi connectivity index (χ4v) is 3.90. The monoisotopic (exact) mass is 520 g/mol. The Bertz CT molecular complexity index is 861. The molecule has 0 spiro atoms. The van der Waals surface area contributed by atoms with Gasteiger partial charge in [-0.25, -0.2) is 0 Å². The average molecular weight is 520 g/mol. The van der Waals surface area contributed by atoms with Gasteiger partial charge >= 0.3 is 0 Å². The molecule has 1 aliphatic rings. The number of carbonyl (C=O) groups is 1. The van der Waals surface area contributed by atoms with Crippen LogP contribution in [0.1, 0.15) is 40.7 Å². The second-order valence-electron chi connectivity index (χ2n) is 7.79. The lowest BCUT2D eigenvalue weighted by molar-refractivity contribution is -0.128. The van der Waals surface area contributed by atoms with Crippen LogP contribution in [-0.2, 0) is 24.3 Å². The van der Waals surface area contributed by atoms with Gasteiger partial charge < -0.3 is 15.5 Å². The van der Waals surface area contributed by atoms with Crippen molar-refractivity contribution in [2.45, 2.75) is 46.2 Å². The molecule has 0 aliphatic carbocycles. The third-order valence-corrected chi connectivity index (χ3v) is 5.31. The van der Waals surface area contributed by atoms with Crippen LogP contribution in [0.2, 0.25) is 0 Å². The van der Waals surface area contributed by atoms with Crippen molar-refractivity contribution < 1.29 is 4.79 Å². The molecule has 0 bridgehead atoms. The van der Waals surface area contributed by atoms with Gasteiger partial charge in [0.2, 0.25) is 5.91 Å². The number of amides is 1. The van der Waals surface area contributed by atoms with Crippen molar-refractivity contribution in [1.82, 2.24) is 15.5 Å². The summed E-state index contributed by atoms with van der Waals surface area (Å²) in [6.45, 7) is 7.33. The van der Waals surface area contributed by atoms with Crippen LogP contribution in [-0.4, -0.2) is 36.9 Å². The molecule has 1 heterocycles. The Morgan fingerprint density at radius 3 is 2.40 bits per heavy atom. The SMILES string of the molecule is CN=C(NCCc1cc(C)cc(C)c1)NCc1ccccc1CN1CCCC1=O.I. The molecule has 1 saturated heterocycles. The van der Waals surface area contributed by atoms with Crippen molar-refractivity contribution >= 4 is 35.8 Å². The van der Waals surface area contributed by atoms with E-state index in [9.17, 15) is 4.79 Å². The Balaban J connectivity index is 0.00000320. The number of halogens is 1. The normalized spacial score (nSPS) is 13.9. The summed E-state index contributed by atoms with van der Waals surface area (Å²) in [6.07, 6.45) is 2.60. The highest BCUT2D eigenvalue weighted by Gasteiger charge is 2.20. The average Bonchev–Trinajstić information content (AvgIpc) is 3.09. The maximum absolute atomic E-state index is 12.0. The molecule has 2 aromatic carbocycles. The maximum atomic E-state index is 12.0. The number of hydrogen-bond acceptors (Lipinski definition) is 2. The van der Waals surface area contributed by atoms with Gasteiger partial charge in [0, 0.05) is 39.6 Å². The first kappa shape index (κ1) is 24.2. The summed E-state index contributed by atoms with van der Waals surface area (Å²) < 4.78 is 0. The highest BCUT2D eigenvalue weighted by Crippen LogP contribution is 2.17. The van der Waals surface area contributed by atoms with E-state index in [1.54, 1.807) is 7.05 Å². The first-order chi connectivity index (χ1) is 14.0. The molecule has 0 unspecified atom stereocenters. The lowest BCUT2D eigenvalue weighted by Gasteiger charge is -2.19. The van der Waals surface area contributed by atoms with Gasteiger partial charge in [0.25, 0.3) is 0 Å². The van der Waals surface area contributed by atoms with Gasteiger partial charge in [0.05, 0.1) is 0 Å². The Hall–Kier alpha value is -2.09. The maximum Gasteiger partial charge on any atom is 0.222 e. The molecule has 2 N–H and O–H groups in total. The molecular weight excluding hydrogens is 487 g/mol. The minimum atomic E-state index is 0. The van der Waals surface area contributed by atoms with Crippen molar-refractivity contribution in [3.8, 4) is 0 Å². The number of nitrogens with zero attached hydrogens (tertiary/aromatic N) is 2. The summed E-state index contributed by atoms with van der Waals surface area (Å²) in [6, 6.07) is 15.0. The fraction of sp³-hybridized carbons (Fsp3) is 0.417. The summed E-state index contributed by atoms with van der Waals surface area (Å²) in [4.78, 5) is 18.3. The van der Waals surface area contributed by atoms with E-state index >= 15 is 0 Å². The summed E-state index contributed by atoms with van der Waals surface area (Å²) in [5, 5.41) is 6.81. The van der Waals surface area contributed by atoms with Crippen molar-refractivity contribution in [2.75, 3.05) is 20.1 Å². The van der Waals surface area contributed by atoms with Crippen LogP contribution in [0.15, 0.2) is 47.5 Å². The Morgan fingerprint density at radius 2 is 1.77 bits per heavy atom. The second-order valence-corrected chi connectivity index (χ2v) is 7.79. The van der Waals surface area contributed by atoms with Crippen molar-refractivity contribution in [3.63, 3.8) is 0 Å². The zero-order valence-corrected chi connectivity index (χ0v) is 20.5. The van der Waals surface area contributed by atoms with Crippen LogP contribution >= 0.6 is 24.0 Å². The van der Waals surface area contributed by atoms with E-state index in [2.05, 4.69) is 59.8 Å². The number of hydrogen-bond donors (Lipinski definition) is 2. The van der Waals surface area contributed by atoms with Gasteiger partial charge in [0.1, 0.15) is 0 Å². The van der Waals surface area contributed by atoms with Gasteiger partial charge in [-0.3, -0.25) is 9.79 Å². The molecular formula is C24H33IN4O. The molecule has 3 rings (SSSR count). The second kappa shape index (κ2) is 11.9. The molecule has 162 valence electrons. The number of rotatable bonds is 7. The van der Waals surface area contributed by atoms with Gasteiger partial charge in [-0.05, 0) is 43.4 Å². The third-order valence-electron chi connectivity index (χ3n) is 5.31. The predicted molar refractivity (Wildman–Crippen MR) is 134 cm³/mol.